The summed E-state index contributed by atoms with van der Waals surface area (Å²) < 4.78 is 16.7. The van der Waals surface area contributed by atoms with E-state index in [0.717, 1.165) is 59.7 Å². The topological polar surface area (TPSA) is 73.9 Å². The fourth-order valence-electron chi connectivity index (χ4n) is 5.95. The summed E-state index contributed by atoms with van der Waals surface area (Å²) in [5.74, 6) is 0.849. The number of benzene rings is 2. The van der Waals surface area contributed by atoms with Crippen LogP contribution in [0.3, 0.4) is 0 Å². The number of allylic oxidation sites excluding steroid dienone is 3. The highest BCUT2D eigenvalue weighted by atomic mass is 16.5. The first-order chi connectivity index (χ1) is 18.0. The first-order valence-corrected chi connectivity index (χ1v) is 13.2. The first kappa shape index (κ1) is 25.1. The molecule has 0 spiro atoms. The Bertz CT molecular complexity index is 1220. The molecule has 2 aromatic rings. The normalized spacial score (nSPS) is 22.3. The number of carbonyl (C=O) groups excluding carboxylic acids is 2. The predicted octanol–water partition coefficient (Wildman–Crippen LogP) is 5.94. The zero-order valence-corrected chi connectivity index (χ0v) is 21.8. The van der Waals surface area contributed by atoms with Gasteiger partial charge in [0.1, 0.15) is 17.6 Å². The molecular weight excluding hydrogens is 466 g/mol. The van der Waals surface area contributed by atoms with Gasteiger partial charge in [0, 0.05) is 29.3 Å². The van der Waals surface area contributed by atoms with Gasteiger partial charge < -0.3 is 19.5 Å². The molecule has 0 radical (unpaired) electrons. The minimum absolute atomic E-state index is 0.0599. The maximum atomic E-state index is 13.8. The third kappa shape index (κ3) is 5.15. The quantitative estimate of drug-likeness (QED) is 0.494. The molecule has 6 heteroatoms. The van der Waals surface area contributed by atoms with Crippen LogP contribution in [0.15, 0.2) is 71.1 Å². The van der Waals surface area contributed by atoms with Gasteiger partial charge in [-0.05, 0) is 80.3 Å². The van der Waals surface area contributed by atoms with Gasteiger partial charge in [-0.15, -0.1) is 0 Å². The van der Waals surface area contributed by atoms with Gasteiger partial charge in [-0.1, -0.05) is 30.7 Å². The molecule has 1 fully saturated rings. The maximum Gasteiger partial charge on any atom is 0.337 e. The lowest BCUT2D eigenvalue weighted by atomic mass is 9.71. The number of ether oxygens (including phenoxy) is 3. The van der Waals surface area contributed by atoms with E-state index in [-0.39, 0.29) is 23.8 Å². The van der Waals surface area contributed by atoms with Crippen LogP contribution in [0.1, 0.15) is 74.8 Å². The van der Waals surface area contributed by atoms with Gasteiger partial charge >= 0.3 is 5.97 Å². The van der Waals surface area contributed by atoms with Crippen LogP contribution in [0.5, 0.6) is 11.5 Å². The average molecular weight is 502 g/mol. The van der Waals surface area contributed by atoms with Gasteiger partial charge in [0.15, 0.2) is 5.78 Å². The third-order valence-corrected chi connectivity index (χ3v) is 7.91. The Kier molecular flexibility index (Phi) is 7.36. The fourth-order valence-corrected chi connectivity index (χ4v) is 5.95. The van der Waals surface area contributed by atoms with Crippen LogP contribution in [0, 0.1) is 0 Å². The zero-order chi connectivity index (χ0) is 25.9. The summed E-state index contributed by atoms with van der Waals surface area (Å²) in [4.78, 5) is 27.4. The van der Waals surface area contributed by atoms with Crippen LogP contribution >= 0.6 is 0 Å². The van der Waals surface area contributed by atoms with E-state index >= 15 is 0 Å². The summed E-state index contributed by atoms with van der Waals surface area (Å²) in [6, 6.07) is 15.6. The lowest BCUT2D eigenvalue weighted by Gasteiger charge is -2.37. The monoisotopic (exact) mass is 501 g/mol. The van der Waals surface area contributed by atoms with Crippen LogP contribution in [0.25, 0.3) is 0 Å². The molecule has 0 saturated heterocycles. The van der Waals surface area contributed by atoms with Crippen molar-refractivity contribution in [3.05, 3.63) is 82.2 Å². The van der Waals surface area contributed by atoms with E-state index in [1.807, 2.05) is 55.5 Å². The molecule has 0 unspecified atom stereocenters. The number of ketones is 1. The maximum absolute atomic E-state index is 13.8. The molecular formula is C31H35NO5. The third-order valence-electron chi connectivity index (χ3n) is 7.91. The number of hydrogen-bond acceptors (Lipinski definition) is 6. The lowest BCUT2D eigenvalue weighted by molar-refractivity contribution is -0.146. The van der Waals surface area contributed by atoms with Crippen molar-refractivity contribution in [1.29, 1.82) is 0 Å². The van der Waals surface area contributed by atoms with Gasteiger partial charge in [0.05, 0.1) is 19.8 Å². The Morgan fingerprint density at radius 3 is 2.03 bits per heavy atom. The Balaban J connectivity index is 1.50. The average Bonchev–Trinajstić information content (AvgIpc) is 2.92. The first-order valence-electron chi connectivity index (χ1n) is 13.2. The molecule has 1 aliphatic heterocycles. The molecule has 2 aromatic carbocycles. The molecule has 37 heavy (non-hydrogen) atoms. The van der Waals surface area contributed by atoms with Crippen LogP contribution in [-0.4, -0.2) is 32.1 Å². The highest BCUT2D eigenvalue weighted by Crippen LogP contribution is 2.46. The van der Waals surface area contributed by atoms with Crippen LogP contribution in [-0.2, 0) is 14.3 Å². The second kappa shape index (κ2) is 10.8. The summed E-state index contributed by atoms with van der Waals surface area (Å²) in [6.07, 6.45) is 6.17. The number of dihydropyridines is 1. The molecule has 1 heterocycles. The second-order valence-electron chi connectivity index (χ2n) is 10.2. The van der Waals surface area contributed by atoms with Crippen molar-refractivity contribution < 1.29 is 23.8 Å². The molecule has 5 rings (SSSR count). The number of esters is 1. The molecule has 2 aliphatic carbocycles. The van der Waals surface area contributed by atoms with E-state index in [4.69, 9.17) is 14.2 Å². The van der Waals surface area contributed by atoms with Crippen LogP contribution in [0.2, 0.25) is 0 Å². The molecule has 0 aromatic heterocycles. The Labute approximate surface area is 218 Å². The van der Waals surface area contributed by atoms with Crippen molar-refractivity contribution in [3.8, 4) is 11.5 Å². The minimum Gasteiger partial charge on any atom is -0.497 e. The van der Waals surface area contributed by atoms with Gasteiger partial charge in [-0.25, -0.2) is 4.79 Å². The van der Waals surface area contributed by atoms with E-state index in [1.54, 1.807) is 14.2 Å². The molecule has 194 valence electrons. The van der Waals surface area contributed by atoms with E-state index in [0.29, 0.717) is 24.0 Å². The summed E-state index contributed by atoms with van der Waals surface area (Å²) in [7, 11) is 3.27. The summed E-state index contributed by atoms with van der Waals surface area (Å²) in [5, 5.41) is 3.45. The van der Waals surface area contributed by atoms with Gasteiger partial charge in [-0.3, -0.25) is 4.79 Å². The Morgan fingerprint density at radius 2 is 1.43 bits per heavy atom. The van der Waals surface area contributed by atoms with Gasteiger partial charge in [0.2, 0.25) is 0 Å². The molecule has 1 N–H and O–H groups in total. The van der Waals surface area contributed by atoms with E-state index in [2.05, 4.69) is 5.32 Å². The van der Waals surface area contributed by atoms with Crippen LogP contribution in [0.4, 0.5) is 0 Å². The molecule has 6 nitrogen and oxygen atoms in total. The zero-order valence-electron chi connectivity index (χ0n) is 21.8. The van der Waals surface area contributed by atoms with Crippen molar-refractivity contribution in [1.82, 2.24) is 5.32 Å². The Hall–Kier alpha value is -3.54. The molecule has 1 saturated carbocycles. The molecule has 3 aliphatic rings. The van der Waals surface area contributed by atoms with Crippen molar-refractivity contribution in [2.45, 2.75) is 69.8 Å². The largest absolute Gasteiger partial charge is 0.497 e. The lowest BCUT2D eigenvalue weighted by Crippen LogP contribution is -2.37. The summed E-state index contributed by atoms with van der Waals surface area (Å²) in [6.45, 7) is 1.92. The van der Waals surface area contributed by atoms with Crippen molar-refractivity contribution in [3.63, 3.8) is 0 Å². The predicted molar refractivity (Wildman–Crippen MR) is 142 cm³/mol. The van der Waals surface area contributed by atoms with Crippen molar-refractivity contribution >= 4 is 11.8 Å². The molecule has 0 bridgehead atoms. The molecule has 0 amide bonds. The van der Waals surface area contributed by atoms with Crippen LogP contribution < -0.4 is 14.8 Å². The highest BCUT2D eigenvalue weighted by molar-refractivity contribution is 6.04. The standard InChI is InChI=1S/C31H35NO5/c1-19-28(31(34)37-25-7-5-4-6-8-25)29(21-11-15-24(36-3)16-12-21)30-26(32-19)17-22(18-27(30)33)20-9-13-23(35-2)14-10-20/h9-16,22,25,29,32H,4-8,17-18H2,1-3H3/t22-,29+/m1/s1. The highest BCUT2D eigenvalue weighted by Gasteiger charge is 2.42. The number of carbonyl (C=O) groups is 2. The van der Waals surface area contributed by atoms with Gasteiger partial charge in [0.25, 0.3) is 0 Å². The number of methoxy groups -OCH3 is 2. The number of hydrogen-bond donors (Lipinski definition) is 1. The fraction of sp³-hybridized carbons (Fsp3) is 0.419. The van der Waals surface area contributed by atoms with Crippen molar-refractivity contribution in [2.75, 3.05) is 14.2 Å². The summed E-state index contributed by atoms with van der Waals surface area (Å²) in [5.41, 5.74) is 4.85. The van der Waals surface area contributed by atoms with E-state index < -0.39 is 5.92 Å². The smallest absolute Gasteiger partial charge is 0.337 e. The SMILES string of the molecule is COc1ccc([C@H]2CC(=O)C3=C(C2)NC(C)=C(C(=O)OC2CCCCC2)[C@@H]3c2ccc(OC)cc2)cc1. The number of rotatable bonds is 6. The van der Waals surface area contributed by atoms with Gasteiger partial charge in [-0.2, -0.15) is 0 Å². The molecule has 2 atom stereocenters. The number of Topliss-reactive ketones (excluding diaryl/α,β-unsaturated/α-hetero) is 1. The number of nitrogens with one attached hydrogen (secondary N) is 1. The summed E-state index contributed by atoms with van der Waals surface area (Å²) >= 11 is 0. The Morgan fingerprint density at radius 1 is 0.838 bits per heavy atom. The minimum atomic E-state index is -0.470. The van der Waals surface area contributed by atoms with Crippen molar-refractivity contribution in [2.24, 2.45) is 0 Å². The van der Waals surface area contributed by atoms with E-state index in [1.165, 1.54) is 6.42 Å². The van der Waals surface area contributed by atoms with E-state index in [9.17, 15) is 9.59 Å². The second-order valence-corrected chi connectivity index (χ2v) is 10.2.